The first kappa shape index (κ1) is 15.4. The second-order valence-electron chi connectivity index (χ2n) is 6.03. The molecule has 1 N–H and O–H groups in total. The van der Waals surface area contributed by atoms with Crippen LogP contribution >= 0.6 is 0 Å². The second kappa shape index (κ2) is 7.17. The summed E-state index contributed by atoms with van der Waals surface area (Å²) in [5, 5.41) is 14.2. The molecule has 1 aromatic rings. The van der Waals surface area contributed by atoms with E-state index in [4.69, 9.17) is 4.74 Å². The number of nitrogens with zero attached hydrogens (tertiary/aromatic N) is 2. The van der Waals surface area contributed by atoms with E-state index in [0.717, 1.165) is 52.2 Å². The van der Waals surface area contributed by atoms with Gasteiger partial charge in [-0.1, -0.05) is 12.1 Å². The van der Waals surface area contributed by atoms with Gasteiger partial charge in [-0.2, -0.15) is 0 Å². The molecular formula is C16H23N3O3. The predicted molar refractivity (Wildman–Crippen MR) is 83.8 cm³/mol. The zero-order valence-corrected chi connectivity index (χ0v) is 12.7. The fraction of sp³-hybridized carbons (Fsp3) is 0.625. The molecule has 6 heteroatoms. The number of hydrogen-bond donors (Lipinski definition) is 1. The number of rotatable bonds is 4. The first-order valence-electron chi connectivity index (χ1n) is 8.02. The van der Waals surface area contributed by atoms with Gasteiger partial charge in [0.1, 0.15) is 0 Å². The van der Waals surface area contributed by atoms with E-state index in [1.54, 1.807) is 12.1 Å². The normalized spacial score (nSPS) is 22.4. The molecule has 2 heterocycles. The minimum Gasteiger partial charge on any atom is -0.381 e. The van der Waals surface area contributed by atoms with Gasteiger partial charge in [0.05, 0.1) is 4.92 Å². The highest BCUT2D eigenvalue weighted by Gasteiger charge is 2.31. The van der Waals surface area contributed by atoms with Crippen molar-refractivity contribution in [3.63, 3.8) is 0 Å². The lowest BCUT2D eigenvalue weighted by atomic mass is 9.85. The van der Waals surface area contributed by atoms with E-state index < -0.39 is 0 Å². The summed E-state index contributed by atoms with van der Waals surface area (Å²) in [5.41, 5.74) is 1.36. The minimum atomic E-state index is -0.335. The van der Waals surface area contributed by atoms with E-state index in [1.807, 2.05) is 12.1 Å². The van der Waals surface area contributed by atoms with Crippen LogP contribution in [-0.2, 0) is 4.74 Å². The minimum absolute atomic E-state index is 0.162. The van der Waals surface area contributed by atoms with Gasteiger partial charge in [-0.25, -0.2) is 0 Å². The number of nitro groups is 1. The molecule has 0 amide bonds. The van der Waals surface area contributed by atoms with Crippen molar-refractivity contribution in [3.8, 4) is 0 Å². The van der Waals surface area contributed by atoms with Crippen LogP contribution in [-0.4, -0.2) is 49.2 Å². The number of hydrogen-bond acceptors (Lipinski definition) is 5. The maximum Gasteiger partial charge on any atom is 0.269 e. The van der Waals surface area contributed by atoms with E-state index in [0.29, 0.717) is 12.0 Å². The van der Waals surface area contributed by atoms with E-state index in [2.05, 4.69) is 10.2 Å². The van der Waals surface area contributed by atoms with E-state index in [-0.39, 0.29) is 10.6 Å². The molecule has 0 spiro atoms. The maximum absolute atomic E-state index is 10.9. The number of non-ortho nitro benzene ring substituents is 1. The van der Waals surface area contributed by atoms with Gasteiger partial charge in [-0.15, -0.1) is 0 Å². The lowest BCUT2D eigenvalue weighted by Gasteiger charge is -2.41. The van der Waals surface area contributed by atoms with Crippen molar-refractivity contribution >= 4 is 5.69 Å². The van der Waals surface area contributed by atoms with Crippen molar-refractivity contribution in [1.29, 1.82) is 0 Å². The molecule has 0 radical (unpaired) electrons. The van der Waals surface area contributed by atoms with Crippen LogP contribution in [0.15, 0.2) is 24.3 Å². The number of benzene rings is 1. The molecule has 2 saturated heterocycles. The lowest BCUT2D eigenvalue weighted by Crippen LogP contribution is -2.47. The van der Waals surface area contributed by atoms with E-state index >= 15 is 0 Å². The number of nitrogens with one attached hydrogen (secondary N) is 1. The molecule has 1 aromatic carbocycles. The van der Waals surface area contributed by atoms with Gasteiger partial charge in [0, 0.05) is 57.6 Å². The van der Waals surface area contributed by atoms with Crippen LogP contribution in [0.4, 0.5) is 5.69 Å². The summed E-state index contributed by atoms with van der Waals surface area (Å²) in [5.74, 6) is 0.563. The van der Waals surface area contributed by atoms with Crippen molar-refractivity contribution in [1.82, 2.24) is 10.2 Å². The fourth-order valence-corrected chi connectivity index (χ4v) is 3.57. The van der Waals surface area contributed by atoms with Crippen LogP contribution in [0.5, 0.6) is 0 Å². The average Bonchev–Trinajstić information content (AvgIpc) is 2.57. The highest BCUT2D eigenvalue weighted by molar-refractivity contribution is 5.34. The molecule has 0 aliphatic carbocycles. The first-order chi connectivity index (χ1) is 10.8. The van der Waals surface area contributed by atoms with Gasteiger partial charge in [0.25, 0.3) is 5.69 Å². The fourth-order valence-electron chi connectivity index (χ4n) is 3.57. The van der Waals surface area contributed by atoms with Gasteiger partial charge in [0.15, 0.2) is 0 Å². The Labute approximate surface area is 130 Å². The molecule has 0 saturated carbocycles. The lowest BCUT2D eigenvalue weighted by molar-refractivity contribution is -0.384. The molecule has 0 aromatic heterocycles. The summed E-state index contributed by atoms with van der Waals surface area (Å²) in [7, 11) is 0. The van der Waals surface area contributed by atoms with Crippen LogP contribution in [0.25, 0.3) is 0 Å². The molecule has 1 atom stereocenters. The molecule has 22 heavy (non-hydrogen) atoms. The van der Waals surface area contributed by atoms with Crippen molar-refractivity contribution in [2.45, 2.75) is 18.9 Å². The highest BCUT2D eigenvalue weighted by Crippen LogP contribution is 2.35. The van der Waals surface area contributed by atoms with Crippen LogP contribution in [0, 0.1) is 16.0 Å². The van der Waals surface area contributed by atoms with Gasteiger partial charge in [-0.05, 0) is 24.3 Å². The standard InChI is InChI=1S/C16H23N3O3/c20-19(21)15-3-1-13(2-4-15)16(14-5-11-22-12-6-14)18-9-7-17-8-10-18/h1-4,14,16-17H,5-12H2/t16-/m0/s1. The smallest absolute Gasteiger partial charge is 0.269 e. The summed E-state index contributed by atoms with van der Waals surface area (Å²) in [6.45, 7) is 5.71. The summed E-state index contributed by atoms with van der Waals surface area (Å²) in [4.78, 5) is 13.0. The molecule has 120 valence electrons. The predicted octanol–water partition coefficient (Wildman–Crippen LogP) is 1.97. The number of nitro benzene ring substituents is 1. The molecular weight excluding hydrogens is 282 g/mol. The third kappa shape index (κ3) is 3.45. The third-order valence-electron chi connectivity index (χ3n) is 4.70. The maximum atomic E-state index is 10.9. The van der Waals surface area contributed by atoms with Crippen LogP contribution in [0.2, 0.25) is 0 Å². The summed E-state index contributed by atoms with van der Waals surface area (Å²) in [6.07, 6.45) is 2.12. The molecule has 2 aliphatic heterocycles. The Morgan fingerprint density at radius 2 is 1.82 bits per heavy atom. The third-order valence-corrected chi connectivity index (χ3v) is 4.70. The molecule has 0 bridgehead atoms. The van der Waals surface area contributed by atoms with Crippen LogP contribution < -0.4 is 5.32 Å². The molecule has 0 unspecified atom stereocenters. The van der Waals surface area contributed by atoms with Crippen molar-refractivity contribution in [3.05, 3.63) is 39.9 Å². The van der Waals surface area contributed by atoms with E-state index in [1.165, 1.54) is 5.56 Å². The topological polar surface area (TPSA) is 67.6 Å². The second-order valence-corrected chi connectivity index (χ2v) is 6.03. The molecule has 3 rings (SSSR count). The average molecular weight is 305 g/mol. The van der Waals surface area contributed by atoms with Crippen LogP contribution in [0.1, 0.15) is 24.4 Å². The Hall–Kier alpha value is -1.50. The zero-order valence-electron chi connectivity index (χ0n) is 12.7. The molecule has 2 aliphatic rings. The van der Waals surface area contributed by atoms with Gasteiger partial charge in [0.2, 0.25) is 0 Å². The first-order valence-corrected chi connectivity index (χ1v) is 8.02. The number of piperazine rings is 1. The van der Waals surface area contributed by atoms with Crippen molar-refractivity contribution in [2.75, 3.05) is 39.4 Å². The SMILES string of the molecule is O=[N+]([O-])c1ccc([C@@H](C2CCOCC2)N2CCNCC2)cc1. The van der Waals surface area contributed by atoms with Crippen molar-refractivity contribution in [2.24, 2.45) is 5.92 Å². The van der Waals surface area contributed by atoms with Crippen molar-refractivity contribution < 1.29 is 9.66 Å². The van der Waals surface area contributed by atoms with Gasteiger partial charge in [-0.3, -0.25) is 15.0 Å². The Morgan fingerprint density at radius 1 is 1.18 bits per heavy atom. The van der Waals surface area contributed by atoms with Crippen LogP contribution in [0.3, 0.4) is 0 Å². The molecule has 2 fully saturated rings. The largest absolute Gasteiger partial charge is 0.381 e. The molecule has 6 nitrogen and oxygen atoms in total. The Morgan fingerprint density at radius 3 is 2.41 bits per heavy atom. The zero-order chi connectivity index (χ0) is 15.4. The quantitative estimate of drug-likeness (QED) is 0.680. The summed E-state index contributed by atoms with van der Waals surface area (Å²) >= 11 is 0. The Kier molecular flexibility index (Phi) is 5.02. The Bertz CT molecular complexity index is 476. The van der Waals surface area contributed by atoms with Gasteiger partial charge >= 0.3 is 0 Å². The highest BCUT2D eigenvalue weighted by atomic mass is 16.6. The Balaban J connectivity index is 1.84. The van der Waals surface area contributed by atoms with Gasteiger partial charge < -0.3 is 10.1 Å². The number of ether oxygens (including phenoxy) is 1. The monoisotopic (exact) mass is 305 g/mol. The van der Waals surface area contributed by atoms with E-state index in [9.17, 15) is 10.1 Å². The summed E-state index contributed by atoms with van der Waals surface area (Å²) in [6, 6.07) is 7.46. The summed E-state index contributed by atoms with van der Waals surface area (Å²) < 4.78 is 5.50.